The van der Waals surface area contributed by atoms with Crippen LogP contribution in [0.15, 0.2) is 48.5 Å². The topological polar surface area (TPSA) is 46.5 Å². The van der Waals surface area contributed by atoms with Crippen molar-refractivity contribution in [2.75, 3.05) is 0 Å². The van der Waals surface area contributed by atoms with Gasteiger partial charge in [0.2, 0.25) is 0 Å². The first-order valence-electron chi connectivity index (χ1n) is 6.43. The van der Waals surface area contributed by atoms with Gasteiger partial charge in [-0.2, -0.15) is 0 Å². The number of aryl methyl sites for hydroxylation is 1. The SMILES string of the molecule is Cc1cc(OCc2cccc(C=CC(=O)O)c2)ccc1Cl. The number of hydrogen-bond acceptors (Lipinski definition) is 2. The lowest BCUT2D eigenvalue weighted by molar-refractivity contribution is -0.131. The first-order valence-corrected chi connectivity index (χ1v) is 6.81. The molecule has 4 heteroatoms. The molecular weight excluding hydrogens is 288 g/mol. The van der Waals surface area contributed by atoms with Crippen LogP contribution < -0.4 is 4.74 Å². The Bertz CT molecular complexity index is 677. The zero-order valence-corrected chi connectivity index (χ0v) is 12.3. The Hall–Kier alpha value is -2.26. The molecule has 3 nitrogen and oxygen atoms in total. The van der Waals surface area contributed by atoms with E-state index in [1.807, 2.05) is 43.3 Å². The van der Waals surface area contributed by atoms with Crippen LogP contribution in [-0.2, 0) is 11.4 Å². The van der Waals surface area contributed by atoms with Gasteiger partial charge < -0.3 is 9.84 Å². The third kappa shape index (κ3) is 4.65. The van der Waals surface area contributed by atoms with Crippen LogP contribution in [0.2, 0.25) is 5.02 Å². The molecule has 2 aromatic rings. The molecule has 0 amide bonds. The van der Waals surface area contributed by atoms with Gasteiger partial charge in [0.25, 0.3) is 0 Å². The largest absolute Gasteiger partial charge is 0.489 e. The van der Waals surface area contributed by atoms with Crippen molar-refractivity contribution in [3.05, 3.63) is 70.3 Å². The predicted molar refractivity (Wildman–Crippen MR) is 83.6 cm³/mol. The molecule has 0 bridgehead atoms. The number of carboxylic acid groups (broad SMARTS) is 1. The minimum Gasteiger partial charge on any atom is -0.489 e. The van der Waals surface area contributed by atoms with Crippen molar-refractivity contribution in [2.24, 2.45) is 0 Å². The molecule has 0 fully saturated rings. The number of ether oxygens (including phenoxy) is 1. The molecule has 0 heterocycles. The quantitative estimate of drug-likeness (QED) is 0.836. The summed E-state index contributed by atoms with van der Waals surface area (Å²) in [5, 5.41) is 9.33. The van der Waals surface area contributed by atoms with Crippen LogP contribution in [0.3, 0.4) is 0 Å². The van der Waals surface area contributed by atoms with Gasteiger partial charge in [0.05, 0.1) is 0 Å². The standard InChI is InChI=1S/C17H15ClO3/c1-12-9-15(6-7-16(12)18)21-11-14-4-2-3-13(10-14)5-8-17(19)20/h2-10H,11H2,1H3,(H,19,20). The van der Waals surface area contributed by atoms with E-state index in [0.717, 1.165) is 28.5 Å². The van der Waals surface area contributed by atoms with Gasteiger partial charge in [0, 0.05) is 11.1 Å². The highest BCUT2D eigenvalue weighted by molar-refractivity contribution is 6.31. The van der Waals surface area contributed by atoms with Crippen LogP contribution in [0, 0.1) is 6.92 Å². The van der Waals surface area contributed by atoms with Crippen LogP contribution in [0.5, 0.6) is 5.75 Å². The van der Waals surface area contributed by atoms with Crippen LogP contribution in [0.1, 0.15) is 16.7 Å². The Labute approximate surface area is 128 Å². The zero-order chi connectivity index (χ0) is 15.2. The van der Waals surface area contributed by atoms with Crippen molar-refractivity contribution >= 4 is 23.6 Å². The summed E-state index contributed by atoms with van der Waals surface area (Å²) in [7, 11) is 0. The third-order valence-electron chi connectivity index (χ3n) is 2.90. The van der Waals surface area contributed by atoms with Crippen LogP contribution in [-0.4, -0.2) is 11.1 Å². The minimum absolute atomic E-state index is 0.413. The lowest BCUT2D eigenvalue weighted by atomic mass is 10.1. The summed E-state index contributed by atoms with van der Waals surface area (Å²) >= 11 is 5.97. The van der Waals surface area contributed by atoms with E-state index in [-0.39, 0.29) is 0 Å². The molecule has 2 rings (SSSR count). The molecule has 2 aromatic carbocycles. The van der Waals surface area contributed by atoms with Crippen molar-refractivity contribution in [3.8, 4) is 5.75 Å². The molecule has 1 N–H and O–H groups in total. The Kier molecular flexibility index (Phi) is 5.01. The summed E-state index contributed by atoms with van der Waals surface area (Å²) in [6.07, 6.45) is 2.67. The zero-order valence-electron chi connectivity index (χ0n) is 11.5. The van der Waals surface area contributed by atoms with Gasteiger partial charge in [-0.1, -0.05) is 29.8 Å². The molecular formula is C17H15ClO3. The van der Waals surface area contributed by atoms with Gasteiger partial charge in [-0.3, -0.25) is 0 Å². The first kappa shape index (κ1) is 15.1. The van der Waals surface area contributed by atoms with E-state index >= 15 is 0 Å². The summed E-state index contributed by atoms with van der Waals surface area (Å²) in [5.41, 5.74) is 2.76. The van der Waals surface area contributed by atoms with Crippen LogP contribution in [0.25, 0.3) is 6.08 Å². The summed E-state index contributed by atoms with van der Waals surface area (Å²) in [6, 6.07) is 13.0. The average Bonchev–Trinajstić information content (AvgIpc) is 2.47. The number of carboxylic acids is 1. The third-order valence-corrected chi connectivity index (χ3v) is 3.33. The van der Waals surface area contributed by atoms with E-state index < -0.39 is 5.97 Å². The van der Waals surface area contributed by atoms with Crippen molar-refractivity contribution in [2.45, 2.75) is 13.5 Å². The number of aliphatic carboxylic acids is 1. The van der Waals surface area contributed by atoms with Crippen molar-refractivity contribution in [1.29, 1.82) is 0 Å². The highest BCUT2D eigenvalue weighted by Gasteiger charge is 2.00. The predicted octanol–water partition coefficient (Wildman–Crippen LogP) is 4.33. The maximum absolute atomic E-state index is 10.5. The maximum atomic E-state index is 10.5. The summed E-state index contributed by atoms with van der Waals surface area (Å²) in [4.78, 5) is 10.5. The van der Waals surface area contributed by atoms with Gasteiger partial charge >= 0.3 is 5.97 Å². The minimum atomic E-state index is -0.965. The molecule has 0 radical (unpaired) electrons. The second kappa shape index (κ2) is 6.95. The van der Waals surface area contributed by atoms with Gasteiger partial charge in [0.1, 0.15) is 12.4 Å². The summed E-state index contributed by atoms with van der Waals surface area (Å²) in [6.45, 7) is 2.34. The van der Waals surface area contributed by atoms with Crippen molar-refractivity contribution in [3.63, 3.8) is 0 Å². The van der Waals surface area contributed by atoms with E-state index in [2.05, 4.69) is 0 Å². The molecule has 108 valence electrons. The molecule has 0 atom stereocenters. The molecule has 21 heavy (non-hydrogen) atoms. The molecule has 0 saturated heterocycles. The summed E-state index contributed by atoms with van der Waals surface area (Å²) in [5.74, 6) is -0.211. The highest BCUT2D eigenvalue weighted by atomic mass is 35.5. The van der Waals surface area contributed by atoms with E-state index in [1.165, 1.54) is 0 Å². The molecule has 0 unspecified atom stereocenters. The molecule has 0 aliphatic rings. The fourth-order valence-corrected chi connectivity index (χ4v) is 1.95. The Morgan fingerprint density at radius 2 is 2.10 bits per heavy atom. The normalized spacial score (nSPS) is 10.8. The molecule has 0 aliphatic heterocycles. The van der Waals surface area contributed by atoms with Crippen molar-refractivity contribution < 1.29 is 14.6 Å². The van der Waals surface area contributed by atoms with Crippen molar-refractivity contribution in [1.82, 2.24) is 0 Å². The smallest absolute Gasteiger partial charge is 0.328 e. The van der Waals surface area contributed by atoms with E-state index in [4.69, 9.17) is 21.4 Å². The number of hydrogen-bond donors (Lipinski definition) is 1. The summed E-state index contributed by atoms with van der Waals surface area (Å²) < 4.78 is 5.71. The molecule has 0 spiro atoms. The monoisotopic (exact) mass is 302 g/mol. The van der Waals surface area contributed by atoms with E-state index in [9.17, 15) is 4.79 Å². The average molecular weight is 303 g/mol. The second-order valence-corrected chi connectivity index (χ2v) is 5.02. The van der Waals surface area contributed by atoms with E-state index in [0.29, 0.717) is 11.6 Å². The first-order chi connectivity index (χ1) is 10.0. The fraction of sp³-hybridized carbons (Fsp3) is 0.118. The number of halogens is 1. The fourth-order valence-electron chi connectivity index (χ4n) is 1.83. The Morgan fingerprint density at radius 1 is 1.29 bits per heavy atom. The van der Waals surface area contributed by atoms with Gasteiger partial charge in [-0.25, -0.2) is 4.79 Å². The number of carbonyl (C=O) groups is 1. The lowest BCUT2D eigenvalue weighted by Gasteiger charge is -2.08. The van der Waals surface area contributed by atoms with Gasteiger partial charge in [-0.15, -0.1) is 0 Å². The number of rotatable bonds is 5. The molecule has 0 saturated carbocycles. The molecule has 0 aliphatic carbocycles. The Balaban J connectivity index is 2.04. The Morgan fingerprint density at radius 3 is 2.81 bits per heavy atom. The lowest BCUT2D eigenvalue weighted by Crippen LogP contribution is -1.96. The van der Waals surface area contributed by atoms with Gasteiger partial charge in [0.15, 0.2) is 0 Å². The van der Waals surface area contributed by atoms with Crippen LogP contribution in [0.4, 0.5) is 0 Å². The number of benzene rings is 2. The maximum Gasteiger partial charge on any atom is 0.328 e. The van der Waals surface area contributed by atoms with Gasteiger partial charge in [-0.05, 0) is 54.0 Å². The highest BCUT2D eigenvalue weighted by Crippen LogP contribution is 2.22. The molecule has 0 aromatic heterocycles. The van der Waals surface area contributed by atoms with E-state index in [1.54, 1.807) is 12.1 Å². The second-order valence-electron chi connectivity index (χ2n) is 4.62. The van der Waals surface area contributed by atoms with Crippen LogP contribution >= 0.6 is 11.6 Å².